The van der Waals surface area contributed by atoms with Crippen LogP contribution in [0.5, 0.6) is 11.5 Å². The molecule has 3 aromatic rings. The van der Waals surface area contributed by atoms with Gasteiger partial charge in [0.2, 0.25) is 5.91 Å². The van der Waals surface area contributed by atoms with Crippen molar-refractivity contribution in [3.63, 3.8) is 0 Å². The summed E-state index contributed by atoms with van der Waals surface area (Å²) in [4.78, 5) is 12.3. The average molecular weight is 497 g/mol. The summed E-state index contributed by atoms with van der Waals surface area (Å²) >= 11 is 9.19. The number of hydrogen-bond acceptors (Lipinski definition) is 2. The van der Waals surface area contributed by atoms with Crippen molar-refractivity contribution < 1.29 is 22.7 Å². The highest BCUT2D eigenvalue weighted by molar-refractivity contribution is 9.10. The van der Waals surface area contributed by atoms with E-state index in [2.05, 4.69) is 21.2 Å². The van der Waals surface area contributed by atoms with E-state index in [9.17, 15) is 18.0 Å². The number of amides is 1. The number of hydrogen-bond donors (Lipinski definition) is 1. The van der Waals surface area contributed by atoms with Gasteiger partial charge in [0, 0.05) is 15.6 Å². The number of halogens is 5. The Morgan fingerprint density at radius 3 is 2.43 bits per heavy atom. The van der Waals surface area contributed by atoms with E-state index in [0.717, 1.165) is 16.6 Å². The lowest BCUT2D eigenvalue weighted by atomic mass is 10.1. The van der Waals surface area contributed by atoms with Gasteiger partial charge in [-0.2, -0.15) is 13.2 Å². The summed E-state index contributed by atoms with van der Waals surface area (Å²) in [5.41, 5.74) is -0.332. The molecule has 1 amide bonds. The zero-order valence-electron chi connectivity index (χ0n) is 15.2. The number of carbonyl (C=O) groups excluding carboxylic acids is 1. The molecule has 0 aromatic heterocycles. The number of benzene rings is 3. The van der Waals surface area contributed by atoms with Crippen LogP contribution in [0.3, 0.4) is 0 Å². The van der Waals surface area contributed by atoms with E-state index in [1.165, 1.54) is 18.2 Å². The second-order valence-corrected chi connectivity index (χ2v) is 7.49. The third-order valence-corrected chi connectivity index (χ3v) is 4.65. The lowest BCUT2D eigenvalue weighted by Crippen LogP contribution is -2.11. The molecule has 0 atom stereocenters. The molecule has 0 heterocycles. The average Bonchev–Trinajstić information content (AvgIpc) is 2.69. The number of alkyl halides is 3. The van der Waals surface area contributed by atoms with E-state index >= 15 is 0 Å². The SMILES string of the molecule is O=C(/C=C/c1cccc(Cl)c1)Nc1cc(C(F)(F)F)ccc1Oc1ccc(Br)cc1. The Balaban J connectivity index is 1.85. The molecule has 3 rings (SSSR count). The van der Waals surface area contributed by atoms with E-state index in [1.807, 2.05) is 0 Å². The molecule has 1 N–H and O–H groups in total. The van der Waals surface area contributed by atoms with Crippen LogP contribution >= 0.6 is 27.5 Å². The summed E-state index contributed by atoms with van der Waals surface area (Å²) in [5.74, 6) is -0.132. The van der Waals surface area contributed by atoms with Crippen molar-refractivity contribution >= 4 is 45.2 Å². The molecule has 154 valence electrons. The lowest BCUT2D eigenvalue weighted by molar-refractivity contribution is -0.137. The predicted molar refractivity (Wildman–Crippen MR) is 115 cm³/mol. The highest BCUT2D eigenvalue weighted by atomic mass is 79.9. The van der Waals surface area contributed by atoms with Crippen molar-refractivity contribution in [3.05, 3.63) is 93.4 Å². The van der Waals surface area contributed by atoms with Crippen molar-refractivity contribution in [2.45, 2.75) is 6.18 Å². The largest absolute Gasteiger partial charge is 0.455 e. The minimum Gasteiger partial charge on any atom is -0.455 e. The first-order valence-electron chi connectivity index (χ1n) is 8.60. The highest BCUT2D eigenvalue weighted by Crippen LogP contribution is 2.37. The number of carbonyl (C=O) groups is 1. The number of anilines is 1. The molecular weight excluding hydrogens is 483 g/mol. The van der Waals surface area contributed by atoms with Gasteiger partial charge in [-0.05, 0) is 66.2 Å². The summed E-state index contributed by atoms with van der Waals surface area (Å²) in [6, 6.07) is 16.4. The highest BCUT2D eigenvalue weighted by Gasteiger charge is 2.31. The van der Waals surface area contributed by atoms with Crippen molar-refractivity contribution in [1.82, 2.24) is 0 Å². The summed E-state index contributed by atoms with van der Waals surface area (Å²) in [7, 11) is 0. The first kappa shape index (κ1) is 21.9. The Morgan fingerprint density at radius 2 is 1.77 bits per heavy atom. The van der Waals surface area contributed by atoms with Gasteiger partial charge in [0.1, 0.15) is 5.75 Å². The zero-order valence-corrected chi connectivity index (χ0v) is 17.6. The molecule has 0 spiro atoms. The van der Waals surface area contributed by atoms with Gasteiger partial charge < -0.3 is 10.1 Å². The van der Waals surface area contributed by atoms with Gasteiger partial charge in [-0.25, -0.2) is 0 Å². The van der Waals surface area contributed by atoms with Gasteiger partial charge in [-0.15, -0.1) is 0 Å². The summed E-state index contributed by atoms with van der Waals surface area (Å²) < 4.78 is 45.9. The number of ether oxygens (including phenoxy) is 1. The van der Waals surface area contributed by atoms with Gasteiger partial charge in [0.25, 0.3) is 0 Å². The first-order valence-corrected chi connectivity index (χ1v) is 9.77. The van der Waals surface area contributed by atoms with Gasteiger partial charge in [0.15, 0.2) is 5.75 Å². The molecule has 8 heteroatoms. The van der Waals surface area contributed by atoms with E-state index in [-0.39, 0.29) is 11.4 Å². The normalized spacial score (nSPS) is 11.5. The third kappa shape index (κ3) is 6.11. The van der Waals surface area contributed by atoms with Crippen LogP contribution in [0.1, 0.15) is 11.1 Å². The van der Waals surface area contributed by atoms with Crippen LogP contribution in [-0.2, 0) is 11.0 Å². The molecule has 0 aliphatic rings. The first-order chi connectivity index (χ1) is 14.2. The molecule has 0 saturated heterocycles. The van der Waals surface area contributed by atoms with Crippen LogP contribution in [0.2, 0.25) is 5.02 Å². The maximum Gasteiger partial charge on any atom is 0.416 e. The number of rotatable bonds is 5. The molecule has 3 aromatic carbocycles. The molecule has 0 aliphatic heterocycles. The molecule has 0 radical (unpaired) electrons. The maximum absolute atomic E-state index is 13.1. The molecule has 0 fully saturated rings. The summed E-state index contributed by atoms with van der Waals surface area (Å²) in [6.07, 6.45) is -1.86. The Kier molecular flexibility index (Phi) is 6.84. The van der Waals surface area contributed by atoms with Crippen LogP contribution in [0, 0.1) is 0 Å². The predicted octanol–water partition coefficient (Wildman–Crippen LogP) is 7.57. The fraction of sp³-hybridized carbons (Fsp3) is 0.0455. The molecular formula is C22H14BrClF3NO2. The van der Waals surface area contributed by atoms with Gasteiger partial charge in [-0.1, -0.05) is 39.7 Å². The maximum atomic E-state index is 13.1. The van der Waals surface area contributed by atoms with Crippen molar-refractivity contribution in [2.75, 3.05) is 5.32 Å². The molecule has 0 saturated carbocycles. The molecule has 0 aliphatic carbocycles. The van der Waals surface area contributed by atoms with Crippen LogP contribution in [0.4, 0.5) is 18.9 Å². The quantitative estimate of drug-likeness (QED) is 0.370. The standard InChI is InChI=1S/C22H14BrClF3NO2/c23-16-6-8-18(9-7-16)30-20-10-5-15(22(25,26)27)13-19(20)28-21(29)11-4-14-2-1-3-17(24)12-14/h1-13H,(H,28,29)/b11-4+. The van der Waals surface area contributed by atoms with Gasteiger partial charge in [-0.3, -0.25) is 4.79 Å². The zero-order chi connectivity index (χ0) is 21.7. The Morgan fingerprint density at radius 1 is 1.03 bits per heavy atom. The van der Waals surface area contributed by atoms with Crippen LogP contribution < -0.4 is 10.1 Å². The van der Waals surface area contributed by atoms with Crippen molar-refractivity contribution in [3.8, 4) is 11.5 Å². The molecule has 0 unspecified atom stereocenters. The molecule has 3 nitrogen and oxygen atoms in total. The van der Waals surface area contributed by atoms with Crippen LogP contribution in [0.15, 0.2) is 77.3 Å². The van der Waals surface area contributed by atoms with Crippen molar-refractivity contribution in [2.24, 2.45) is 0 Å². The molecule has 30 heavy (non-hydrogen) atoms. The number of nitrogens with one attached hydrogen (secondary N) is 1. The van der Waals surface area contributed by atoms with Crippen LogP contribution in [0.25, 0.3) is 6.08 Å². The Bertz CT molecular complexity index is 1080. The minimum absolute atomic E-state index is 0.0785. The minimum atomic E-state index is -4.56. The fourth-order valence-electron chi connectivity index (χ4n) is 2.48. The fourth-order valence-corrected chi connectivity index (χ4v) is 2.94. The van der Waals surface area contributed by atoms with Gasteiger partial charge >= 0.3 is 6.18 Å². The van der Waals surface area contributed by atoms with E-state index < -0.39 is 17.6 Å². The summed E-state index contributed by atoms with van der Waals surface area (Å²) in [6.45, 7) is 0. The second kappa shape index (κ2) is 9.36. The molecule has 0 bridgehead atoms. The van der Waals surface area contributed by atoms with Crippen LogP contribution in [-0.4, -0.2) is 5.91 Å². The topological polar surface area (TPSA) is 38.3 Å². The van der Waals surface area contributed by atoms with E-state index in [4.69, 9.17) is 16.3 Å². The second-order valence-electron chi connectivity index (χ2n) is 6.14. The third-order valence-electron chi connectivity index (χ3n) is 3.88. The van der Waals surface area contributed by atoms with E-state index in [1.54, 1.807) is 48.5 Å². The van der Waals surface area contributed by atoms with Crippen molar-refractivity contribution in [1.29, 1.82) is 0 Å². The smallest absolute Gasteiger partial charge is 0.416 e. The monoisotopic (exact) mass is 495 g/mol. The van der Waals surface area contributed by atoms with E-state index in [0.29, 0.717) is 16.3 Å². The van der Waals surface area contributed by atoms with Gasteiger partial charge in [0.05, 0.1) is 11.3 Å². The Hall–Kier alpha value is -2.77. The summed E-state index contributed by atoms with van der Waals surface area (Å²) in [5, 5.41) is 2.95. The lowest BCUT2D eigenvalue weighted by Gasteiger charge is -2.14. The Labute approximate surface area is 184 Å².